The Kier molecular flexibility index (Phi) is 4.73. The van der Waals surface area contributed by atoms with Crippen LogP contribution in [0.5, 0.6) is 0 Å². The predicted octanol–water partition coefficient (Wildman–Crippen LogP) is 3.93. The summed E-state index contributed by atoms with van der Waals surface area (Å²) >= 11 is 3.42. The summed E-state index contributed by atoms with van der Waals surface area (Å²) in [4.78, 5) is 2.43. The summed E-state index contributed by atoms with van der Waals surface area (Å²) in [7, 11) is 0. The standard InChI is InChI=1S/C18H20BrNO/c19-17-7-5-15(6-8-17)18(21)10-12-20-11-9-14-3-1-2-4-16(14)13-20/h1-8,18,21H,9-13H2. The largest absolute Gasteiger partial charge is 0.388 e. The van der Waals surface area contributed by atoms with Crippen molar-refractivity contribution in [3.63, 3.8) is 0 Å². The van der Waals surface area contributed by atoms with Crippen LogP contribution in [0.15, 0.2) is 53.0 Å². The molecule has 21 heavy (non-hydrogen) atoms. The van der Waals surface area contributed by atoms with E-state index in [1.807, 2.05) is 24.3 Å². The van der Waals surface area contributed by atoms with Gasteiger partial charge in [0.25, 0.3) is 0 Å². The SMILES string of the molecule is OC(CCN1CCc2ccccc2C1)c1ccc(Br)cc1. The summed E-state index contributed by atoms with van der Waals surface area (Å²) in [6, 6.07) is 16.6. The highest BCUT2D eigenvalue weighted by molar-refractivity contribution is 9.10. The van der Waals surface area contributed by atoms with Crippen molar-refractivity contribution in [2.24, 2.45) is 0 Å². The molecule has 0 bridgehead atoms. The summed E-state index contributed by atoms with van der Waals surface area (Å²) in [5.41, 5.74) is 3.90. The van der Waals surface area contributed by atoms with Crippen LogP contribution in [0, 0.1) is 0 Å². The topological polar surface area (TPSA) is 23.5 Å². The Balaban J connectivity index is 1.55. The number of aliphatic hydroxyl groups excluding tert-OH is 1. The molecule has 2 nitrogen and oxygen atoms in total. The van der Waals surface area contributed by atoms with Crippen LogP contribution in [-0.2, 0) is 13.0 Å². The highest BCUT2D eigenvalue weighted by atomic mass is 79.9. The van der Waals surface area contributed by atoms with Gasteiger partial charge >= 0.3 is 0 Å². The third-order valence-corrected chi connectivity index (χ3v) is 4.71. The first-order valence-corrected chi connectivity index (χ1v) is 8.24. The first-order valence-electron chi connectivity index (χ1n) is 7.45. The summed E-state index contributed by atoms with van der Waals surface area (Å²) in [6.45, 7) is 3.03. The molecule has 1 aliphatic rings. The van der Waals surface area contributed by atoms with Crippen LogP contribution in [0.25, 0.3) is 0 Å². The fourth-order valence-electron chi connectivity index (χ4n) is 2.90. The summed E-state index contributed by atoms with van der Waals surface area (Å²) in [6.07, 6.45) is 1.52. The van der Waals surface area contributed by atoms with Gasteiger partial charge in [-0.2, -0.15) is 0 Å². The number of aliphatic hydroxyl groups is 1. The van der Waals surface area contributed by atoms with Crippen LogP contribution in [-0.4, -0.2) is 23.1 Å². The number of rotatable bonds is 4. The average molecular weight is 346 g/mol. The molecule has 0 aliphatic carbocycles. The van der Waals surface area contributed by atoms with Crippen LogP contribution in [0.4, 0.5) is 0 Å². The molecule has 110 valence electrons. The lowest BCUT2D eigenvalue weighted by atomic mass is 9.99. The molecule has 0 fully saturated rings. The van der Waals surface area contributed by atoms with E-state index >= 15 is 0 Å². The second kappa shape index (κ2) is 6.73. The van der Waals surface area contributed by atoms with Crippen LogP contribution >= 0.6 is 15.9 Å². The number of nitrogens with zero attached hydrogens (tertiary/aromatic N) is 1. The van der Waals surface area contributed by atoms with Crippen LogP contribution in [0.3, 0.4) is 0 Å². The maximum atomic E-state index is 10.3. The maximum Gasteiger partial charge on any atom is 0.0802 e. The monoisotopic (exact) mass is 345 g/mol. The van der Waals surface area contributed by atoms with E-state index in [4.69, 9.17) is 0 Å². The van der Waals surface area contributed by atoms with Gasteiger partial charge in [0.1, 0.15) is 0 Å². The molecule has 1 N–H and O–H groups in total. The van der Waals surface area contributed by atoms with Gasteiger partial charge in [0, 0.05) is 24.1 Å². The number of halogens is 1. The van der Waals surface area contributed by atoms with Gasteiger partial charge in [0.2, 0.25) is 0 Å². The van der Waals surface area contributed by atoms with Crippen molar-refractivity contribution in [1.29, 1.82) is 0 Å². The van der Waals surface area contributed by atoms with E-state index in [9.17, 15) is 5.11 Å². The molecule has 0 spiro atoms. The zero-order valence-electron chi connectivity index (χ0n) is 12.0. The summed E-state index contributed by atoms with van der Waals surface area (Å²) in [5.74, 6) is 0. The van der Waals surface area contributed by atoms with Gasteiger partial charge in [-0.3, -0.25) is 4.90 Å². The second-order valence-corrected chi connectivity index (χ2v) is 6.57. The molecule has 2 aromatic rings. The van der Waals surface area contributed by atoms with Gasteiger partial charge in [-0.15, -0.1) is 0 Å². The van der Waals surface area contributed by atoms with Crippen LogP contribution < -0.4 is 0 Å². The highest BCUT2D eigenvalue weighted by Crippen LogP contribution is 2.22. The minimum Gasteiger partial charge on any atom is -0.388 e. The minimum atomic E-state index is -0.379. The molecule has 0 amide bonds. The molecule has 0 saturated heterocycles. The Morgan fingerprint density at radius 3 is 2.52 bits per heavy atom. The van der Waals surface area contributed by atoms with Crippen molar-refractivity contribution in [2.45, 2.75) is 25.5 Å². The number of benzene rings is 2. The molecule has 3 heteroatoms. The average Bonchev–Trinajstić information content (AvgIpc) is 2.53. The van der Waals surface area contributed by atoms with Gasteiger partial charge in [-0.25, -0.2) is 0 Å². The van der Waals surface area contributed by atoms with E-state index in [2.05, 4.69) is 45.1 Å². The third-order valence-electron chi connectivity index (χ3n) is 4.18. The zero-order chi connectivity index (χ0) is 14.7. The van der Waals surface area contributed by atoms with E-state index in [0.29, 0.717) is 0 Å². The van der Waals surface area contributed by atoms with Gasteiger partial charge in [-0.05, 0) is 41.7 Å². The molecular formula is C18H20BrNO. The Morgan fingerprint density at radius 1 is 1.05 bits per heavy atom. The van der Waals surface area contributed by atoms with Gasteiger partial charge in [0.15, 0.2) is 0 Å². The Morgan fingerprint density at radius 2 is 1.76 bits per heavy atom. The lowest BCUT2D eigenvalue weighted by Gasteiger charge is -2.29. The Hall–Kier alpha value is -1.16. The van der Waals surface area contributed by atoms with E-state index in [0.717, 1.165) is 42.5 Å². The maximum absolute atomic E-state index is 10.3. The predicted molar refractivity (Wildman–Crippen MR) is 89.1 cm³/mol. The van der Waals surface area contributed by atoms with Crippen molar-refractivity contribution in [1.82, 2.24) is 4.90 Å². The van der Waals surface area contributed by atoms with E-state index in [-0.39, 0.29) is 6.10 Å². The van der Waals surface area contributed by atoms with Crippen molar-refractivity contribution >= 4 is 15.9 Å². The first kappa shape index (κ1) is 14.8. The van der Waals surface area contributed by atoms with Crippen molar-refractivity contribution < 1.29 is 5.11 Å². The van der Waals surface area contributed by atoms with Crippen LogP contribution in [0.1, 0.15) is 29.2 Å². The number of hydrogen-bond acceptors (Lipinski definition) is 2. The Labute approximate surface area is 134 Å². The normalized spacial score (nSPS) is 16.5. The van der Waals surface area contributed by atoms with Gasteiger partial charge in [0.05, 0.1) is 6.10 Å². The van der Waals surface area contributed by atoms with Crippen molar-refractivity contribution in [3.05, 3.63) is 69.7 Å². The lowest BCUT2D eigenvalue weighted by molar-refractivity contribution is 0.137. The van der Waals surface area contributed by atoms with E-state index < -0.39 is 0 Å². The Bertz CT molecular complexity index is 596. The highest BCUT2D eigenvalue weighted by Gasteiger charge is 2.17. The van der Waals surface area contributed by atoms with Gasteiger partial charge in [-0.1, -0.05) is 52.3 Å². The molecule has 1 heterocycles. The van der Waals surface area contributed by atoms with Gasteiger partial charge < -0.3 is 5.11 Å². The number of fused-ring (bicyclic) bond motifs is 1. The molecule has 2 aromatic carbocycles. The quantitative estimate of drug-likeness (QED) is 0.907. The molecule has 1 atom stereocenters. The third kappa shape index (κ3) is 3.73. The molecule has 0 saturated carbocycles. The van der Waals surface area contributed by atoms with Crippen LogP contribution in [0.2, 0.25) is 0 Å². The molecule has 1 aliphatic heterocycles. The van der Waals surface area contributed by atoms with Crippen molar-refractivity contribution in [2.75, 3.05) is 13.1 Å². The smallest absolute Gasteiger partial charge is 0.0802 e. The molecule has 3 rings (SSSR count). The molecule has 1 unspecified atom stereocenters. The number of hydrogen-bond donors (Lipinski definition) is 1. The molecular weight excluding hydrogens is 326 g/mol. The van der Waals surface area contributed by atoms with E-state index in [1.165, 1.54) is 11.1 Å². The lowest BCUT2D eigenvalue weighted by Crippen LogP contribution is -2.32. The molecule has 0 aromatic heterocycles. The molecule has 0 radical (unpaired) electrons. The van der Waals surface area contributed by atoms with Crippen molar-refractivity contribution in [3.8, 4) is 0 Å². The second-order valence-electron chi connectivity index (χ2n) is 5.65. The summed E-state index contributed by atoms with van der Waals surface area (Å²) in [5, 5.41) is 10.3. The summed E-state index contributed by atoms with van der Waals surface area (Å²) < 4.78 is 1.05. The fraction of sp³-hybridized carbons (Fsp3) is 0.333. The fourth-order valence-corrected chi connectivity index (χ4v) is 3.17. The zero-order valence-corrected chi connectivity index (χ0v) is 13.6. The van der Waals surface area contributed by atoms with E-state index in [1.54, 1.807) is 0 Å². The first-order chi connectivity index (χ1) is 10.2. The minimum absolute atomic E-state index is 0.379.